The van der Waals surface area contributed by atoms with Crippen LogP contribution in [-0.4, -0.2) is 69.3 Å². The minimum absolute atomic E-state index is 0.0707. The average Bonchev–Trinajstić information content (AvgIpc) is 3.12. The predicted octanol–water partition coefficient (Wildman–Crippen LogP) is 2.06. The minimum Gasteiger partial charge on any atom is -0.492 e. The number of hydrogen-bond donors (Lipinski definition) is 5. The molecule has 0 bridgehead atoms. The summed E-state index contributed by atoms with van der Waals surface area (Å²) in [6.45, 7) is 1.58. The van der Waals surface area contributed by atoms with Crippen LogP contribution in [0.2, 0.25) is 0 Å². The number of anilines is 1. The molecule has 11 heteroatoms. The van der Waals surface area contributed by atoms with Crippen LogP contribution < -0.4 is 14.8 Å². The number of aromatic nitrogens is 1. The van der Waals surface area contributed by atoms with Crippen molar-refractivity contribution in [2.24, 2.45) is 0 Å². The molecule has 3 rings (SSSR count). The van der Waals surface area contributed by atoms with E-state index in [9.17, 15) is 23.4 Å². The Bertz CT molecular complexity index is 1260. The van der Waals surface area contributed by atoms with E-state index in [4.69, 9.17) is 9.47 Å². The lowest BCUT2D eigenvalue weighted by Gasteiger charge is -2.14. The Balaban J connectivity index is 1.53. The highest BCUT2D eigenvalue weighted by Crippen LogP contribution is 2.27. The van der Waals surface area contributed by atoms with Crippen molar-refractivity contribution in [1.82, 2.24) is 10.3 Å². The van der Waals surface area contributed by atoms with E-state index in [0.29, 0.717) is 43.2 Å². The number of carboxylic acid groups (broad SMARTS) is 1. The number of benzene rings is 2. The fourth-order valence-electron chi connectivity index (χ4n) is 3.77. The SMILES string of the molecule is COCCc1[nH]c2cc(OCCNC[C@H](O)c3cccc(NS(C)(=O)=O)c3)ccc2c1CC(=O)O. The number of nitrogens with one attached hydrogen (secondary N) is 3. The molecule has 0 fully saturated rings. The summed E-state index contributed by atoms with van der Waals surface area (Å²) in [5.41, 5.74) is 3.38. The number of aliphatic hydroxyl groups excluding tert-OH is 1. The normalized spacial score (nSPS) is 12.5. The van der Waals surface area contributed by atoms with Gasteiger partial charge in [0, 0.05) is 55.0 Å². The van der Waals surface area contributed by atoms with Gasteiger partial charge in [0.1, 0.15) is 12.4 Å². The molecule has 2 aromatic carbocycles. The number of hydrogen-bond acceptors (Lipinski definition) is 7. The fraction of sp³-hybridized carbons (Fsp3) is 0.375. The van der Waals surface area contributed by atoms with Crippen molar-refractivity contribution in [2.75, 3.05) is 44.4 Å². The van der Waals surface area contributed by atoms with Crippen LogP contribution in [0.5, 0.6) is 5.75 Å². The average molecular weight is 506 g/mol. The maximum Gasteiger partial charge on any atom is 0.307 e. The lowest BCUT2D eigenvalue weighted by molar-refractivity contribution is -0.136. The van der Waals surface area contributed by atoms with Gasteiger partial charge in [0.2, 0.25) is 10.0 Å². The zero-order chi connectivity index (χ0) is 25.4. The van der Waals surface area contributed by atoms with Crippen LogP contribution in [0, 0.1) is 0 Å². The van der Waals surface area contributed by atoms with Gasteiger partial charge in [-0.2, -0.15) is 0 Å². The second kappa shape index (κ2) is 12.0. The highest BCUT2D eigenvalue weighted by atomic mass is 32.2. The molecule has 3 aromatic rings. The van der Waals surface area contributed by atoms with Crippen molar-refractivity contribution in [3.8, 4) is 5.75 Å². The van der Waals surface area contributed by atoms with E-state index in [2.05, 4.69) is 15.0 Å². The fourth-order valence-corrected chi connectivity index (χ4v) is 4.33. The Morgan fingerprint density at radius 3 is 2.69 bits per heavy atom. The zero-order valence-electron chi connectivity index (χ0n) is 19.7. The van der Waals surface area contributed by atoms with Crippen molar-refractivity contribution >= 4 is 32.6 Å². The summed E-state index contributed by atoms with van der Waals surface area (Å²) in [4.78, 5) is 14.6. The molecule has 190 valence electrons. The van der Waals surface area contributed by atoms with Gasteiger partial charge >= 0.3 is 5.97 Å². The van der Waals surface area contributed by atoms with Gasteiger partial charge in [0.05, 0.1) is 25.4 Å². The van der Waals surface area contributed by atoms with Crippen LogP contribution in [0.1, 0.15) is 22.9 Å². The first-order chi connectivity index (χ1) is 16.7. The van der Waals surface area contributed by atoms with Gasteiger partial charge < -0.3 is 30.0 Å². The van der Waals surface area contributed by atoms with Crippen molar-refractivity contribution in [3.63, 3.8) is 0 Å². The van der Waals surface area contributed by atoms with Crippen molar-refractivity contribution in [1.29, 1.82) is 0 Å². The largest absolute Gasteiger partial charge is 0.492 e. The molecule has 0 radical (unpaired) electrons. The highest BCUT2D eigenvalue weighted by Gasteiger charge is 2.15. The number of rotatable bonds is 14. The van der Waals surface area contributed by atoms with Crippen molar-refractivity contribution in [3.05, 3.63) is 59.3 Å². The van der Waals surface area contributed by atoms with Gasteiger partial charge in [-0.25, -0.2) is 8.42 Å². The van der Waals surface area contributed by atoms with Crippen LogP contribution in [0.3, 0.4) is 0 Å². The molecule has 0 aliphatic heterocycles. The van der Waals surface area contributed by atoms with Crippen molar-refractivity contribution < 1.29 is 32.9 Å². The number of fused-ring (bicyclic) bond motifs is 1. The minimum atomic E-state index is -3.39. The zero-order valence-corrected chi connectivity index (χ0v) is 20.5. The first-order valence-corrected chi connectivity index (χ1v) is 13.0. The van der Waals surface area contributed by atoms with Gasteiger partial charge in [-0.05, 0) is 35.4 Å². The highest BCUT2D eigenvalue weighted by molar-refractivity contribution is 7.92. The molecule has 0 amide bonds. The number of carbonyl (C=O) groups is 1. The molecular formula is C24H31N3O7S. The molecule has 5 N–H and O–H groups in total. The molecule has 1 aromatic heterocycles. The number of carboxylic acids is 1. The number of sulfonamides is 1. The van der Waals surface area contributed by atoms with Gasteiger partial charge in [-0.1, -0.05) is 12.1 Å². The summed E-state index contributed by atoms with van der Waals surface area (Å²) in [6.07, 6.45) is 0.771. The number of aliphatic carboxylic acids is 1. The van der Waals surface area contributed by atoms with E-state index < -0.39 is 22.1 Å². The molecule has 0 unspecified atom stereocenters. The Morgan fingerprint density at radius 2 is 1.97 bits per heavy atom. The third-order valence-corrected chi connectivity index (χ3v) is 5.92. The van der Waals surface area contributed by atoms with Crippen LogP contribution in [-0.2, 0) is 32.4 Å². The first kappa shape index (κ1) is 26.5. The topological polar surface area (TPSA) is 150 Å². The van der Waals surface area contributed by atoms with E-state index in [1.165, 1.54) is 0 Å². The molecule has 0 aliphatic rings. The van der Waals surface area contributed by atoms with Gasteiger partial charge in [0.25, 0.3) is 0 Å². The van der Waals surface area contributed by atoms with Gasteiger partial charge in [0.15, 0.2) is 0 Å². The molecule has 0 spiro atoms. The van der Waals surface area contributed by atoms with Crippen molar-refractivity contribution in [2.45, 2.75) is 18.9 Å². The van der Waals surface area contributed by atoms with Gasteiger partial charge in [-0.3, -0.25) is 9.52 Å². The van der Waals surface area contributed by atoms with Crippen LogP contribution in [0.15, 0.2) is 42.5 Å². The van der Waals surface area contributed by atoms with E-state index in [1.54, 1.807) is 37.4 Å². The summed E-state index contributed by atoms with van der Waals surface area (Å²) < 4.78 is 36.1. The number of H-pyrrole nitrogens is 1. The number of ether oxygens (including phenoxy) is 2. The lowest BCUT2D eigenvalue weighted by Crippen LogP contribution is -2.26. The Kier molecular flexibility index (Phi) is 9.10. The lowest BCUT2D eigenvalue weighted by atomic mass is 10.1. The Labute approximate surface area is 204 Å². The van der Waals surface area contributed by atoms with Crippen LogP contribution in [0.4, 0.5) is 5.69 Å². The monoisotopic (exact) mass is 505 g/mol. The second-order valence-corrected chi connectivity index (χ2v) is 9.92. The summed E-state index contributed by atoms with van der Waals surface area (Å²) >= 11 is 0. The molecule has 0 saturated heterocycles. The number of methoxy groups -OCH3 is 1. The Morgan fingerprint density at radius 1 is 1.17 bits per heavy atom. The second-order valence-electron chi connectivity index (χ2n) is 8.17. The molecule has 1 atom stereocenters. The quantitative estimate of drug-likeness (QED) is 0.209. The predicted molar refractivity (Wildman–Crippen MR) is 133 cm³/mol. The van der Waals surface area contributed by atoms with Gasteiger partial charge in [-0.15, -0.1) is 0 Å². The molecular weight excluding hydrogens is 474 g/mol. The summed E-state index contributed by atoms with van der Waals surface area (Å²) in [7, 11) is -1.79. The molecule has 1 heterocycles. The van der Waals surface area contributed by atoms with E-state index in [0.717, 1.165) is 28.4 Å². The smallest absolute Gasteiger partial charge is 0.307 e. The number of aromatic amines is 1. The molecule has 0 aliphatic carbocycles. The van der Waals surface area contributed by atoms with E-state index in [-0.39, 0.29) is 13.0 Å². The van der Waals surface area contributed by atoms with Crippen LogP contribution in [0.25, 0.3) is 10.9 Å². The third-order valence-electron chi connectivity index (χ3n) is 5.31. The maximum atomic E-state index is 11.4. The number of aliphatic hydroxyl groups is 1. The Hall–Kier alpha value is -3.12. The molecule has 35 heavy (non-hydrogen) atoms. The summed E-state index contributed by atoms with van der Waals surface area (Å²) in [5.74, 6) is -0.252. The molecule has 10 nitrogen and oxygen atoms in total. The van der Waals surface area contributed by atoms with E-state index >= 15 is 0 Å². The van der Waals surface area contributed by atoms with Crippen LogP contribution >= 0.6 is 0 Å². The standard InChI is InChI=1S/C24H31N3O7S/c1-33-10-8-21-20(14-24(29)30)19-7-6-18(13-22(19)26-21)34-11-9-25-15-23(28)16-4-3-5-17(12-16)27-35(2,31)32/h3-7,12-13,23,25-28H,8-11,14-15H2,1-2H3,(H,29,30)/t23-/m0/s1. The maximum absolute atomic E-state index is 11.4. The summed E-state index contributed by atoms with van der Waals surface area (Å²) in [6, 6.07) is 12.1. The summed E-state index contributed by atoms with van der Waals surface area (Å²) in [5, 5.41) is 23.6. The molecule has 0 saturated carbocycles. The first-order valence-electron chi connectivity index (χ1n) is 11.1. The third kappa shape index (κ3) is 7.96. The van der Waals surface area contributed by atoms with E-state index in [1.807, 2.05) is 12.1 Å².